The average molecular weight is 196 g/mol. The highest BCUT2D eigenvalue weighted by Gasteiger charge is 1.99. The van der Waals surface area contributed by atoms with Crippen molar-refractivity contribution in [2.24, 2.45) is 5.14 Å². The molecule has 0 aliphatic carbocycles. The molecule has 0 bridgehead atoms. The van der Waals surface area contributed by atoms with Gasteiger partial charge in [0, 0.05) is 17.5 Å². The number of nitrogens with two attached hydrogens (primary N) is 1. The molecule has 0 aromatic heterocycles. The highest BCUT2D eigenvalue weighted by molar-refractivity contribution is 7.97. The number of hydrogen-bond acceptors (Lipinski definition) is 3. The van der Waals surface area contributed by atoms with Crippen LogP contribution in [0.3, 0.4) is 0 Å². The fourth-order valence-corrected chi connectivity index (χ4v) is 1.45. The highest BCUT2D eigenvalue weighted by atomic mass is 32.2. The molecule has 1 amide bonds. The van der Waals surface area contributed by atoms with Gasteiger partial charge in [-0.3, -0.25) is 9.93 Å². The second-order valence-corrected chi connectivity index (χ2v) is 3.45. The van der Waals surface area contributed by atoms with Gasteiger partial charge in [-0.05, 0) is 42.6 Å². The lowest BCUT2D eigenvalue weighted by atomic mass is 10.2. The molecule has 1 aromatic rings. The zero-order valence-corrected chi connectivity index (χ0v) is 8.44. The van der Waals surface area contributed by atoms with Crippen molar-refractivity contribution in [1.29, 1.82) is 0 Å². The Morgan fingerprint density at radius 3 is 2.69 bits per heavy atom. The van der Waals surface area contributed by atoms with Crippen LogP contribution in [0.2, 0.25) is 0 Å². The minimum atomic E-state index is -0.0625. The minimum absolute atomic E-state index is 0.0625. The molecule has 0 spiro atoms. The Balaban J connectivity index is 2.89. The lowest BCUT2D eigenvalue weighted by Gasteiger charge is -2.05. The molecule has 1 aromatic carbocycles. The molecule has 0 fully saturated rings. The van der Waals surface area contributed by atoms with Crippen LogP contribution in [0.25, 0.3) is 0 Å². The molecule has 4 heteroatoms. The molecular weight excluding hydrogens is 184 g/mol. The van der Waals surface area contributed by atoms with E-state index in [1.54, 1.807) is 0 Å². The Morgan fingerprint density at radius 2 is 2.23 bits per heavy atom. The lowest BCUT2D eigenvalue weighted by Crippen LogP contribution is -2.05. The van der Waals surface area contributed by atoms with E-state index in [4.69, 9.17) is 5.14 Å². The molecule has 0 saturated heterocycles. The summed E-state index contributed by atoms with van der Waals surface area (Å²) < 4.78 is 0. The molecule has 0 atom stereocenters. The number of benzene rings is 1. The first-order valence-electron chi connectivity index (χ1n) is 3.88. The van der Waals surface area contributed by atoms with Crippen molar-refractivity contribution < 1.29 is 4.79 Å². The number of carbonyl (C=O) groups is 1. The van der Waals surface area contributed by atoms with Gasteiger partial charge in [0.1, 0.15) is 0 Å². The molecule has 0 aliphatic heterocycles. The van der Waals surface area contributed by atoms with Crippen molar-refractivity contribution in [3.63, 3.8) is 0 Å². The third kappa shape index (κ3) is 2.75. The summed E-state index contributed by atoms with van der Waals surface area (Å²) in [6, 6.07) is 5.63. The summed E-state index contributed by atoms with van der Waals surface area (Å²) >= 11 is 1.21. The van der Waals surface area contributed by atoms with Gasteiger partial charge < -0.3 is 5.32 Å². The zero-order valence-electron chi connectivity index (χ0n) is 7.63. The third-order valence-electron chi connectivity index (χ3n) is 1.62. The first-order chi connectivity index (χ1) is 6.13. The number of amides is 1. The number of anilines is 1. The third-order valence-corrected chi connectivity index (χ3v) is 2.33. The number of hydrogen-bond donors (Lipinski definition) is 2. The van der Waals surface area contributed by atoms with E-state index in [1.165, 1.54) is 18.9 Å². The molecule has 3 N–H and O–H groups in total. The molecule has 0 saturated carbocycles. The molecule has 3 nitrogen and oxygen atoms in total. The maximum atomic E-state index is 10.7. The van der Waals surface area contributed by atoms with E-state index >= 15 is 0 Å². The monoisotopic (exact) mass is 196 g/mol. The average Bonchev–Trinajstić information content (AvgIpc) is 2.03. The van der Waals surface area contributed by atoms with Gasteiger partial charge in [-0.25, -0.2) is 0 Å². The number of aryl methyl sites for hydroxylation is 1. The van der Waals surface area contributed by atoms with Crippen LogP contribution < -0.4 is 10.5 Å². The molecule has 0 radical (unpaired) electrons. The van der Waals surface area contributed by atoms with Gasteiger partial charge in [0.25, 0.3) is 0 Å². The van der Waals surface area contributed by atoms with Crippen LogP contribution >= 0.6 is 11.9 Å². The van der Waals surface area contributed by atoms with Crippen molar-refractivity contribution >= 4 is 23.5 Å². The van der Waals surface area contributed by atoms with E-state index in [0.29, 0.717) is 0 Å². The standard InChI is InChI=1S/C9H12N2OS/c1-6-5-8(11-7(2)12)3-4-9(6)13-10/h3-5H,10H2,1-2H3,(H,11,12). The zero-order chi connectivity index (χ0) is 9.84. The van der Waals surface area contributed by atoms with Crippen LogP contribution in [0.15, 0.2) is 23.1 Å². The maximum absolute atomic E-state index is 10.7. The van der Waals surface area contributed by atoms with E-state index in [-0.39, 0.29) is 5.91 Å². The molecule has 1 rings (SSSR count). The fourth-order valence-electron chi connectivity index (χ4n) is 1.06. The fraction of sp³-hybridized carbons (Fsp3) is 0.222. The predicted molar refractivity (Wildman–Crippen MR) is 55.5 cm³/mol. The predicted octanol–water partition coefficient (Wildman–Crippen LogP) is 1.92. The van der Waals surface area contributed by atoms with E-state index in [2.05, 4.69) is 5.32 Å². The van der Waals surface area contributed by atoms with Crippen molar-refractivity contribution in [2.45, 2.75) is 18.7 Å². The summed E-state index contributed by atoms with van der Waals surface area (Å²) in [6.07, 6.45) is 0. The Bertz CT molecular complexity index is 325. The quantitative estimate of drug-likeness (QED) is 0.710. The van der Waals surface area contributed by atoms with Crippen LogP contribution in [0.4, 0.5) is 5.69 Å². The van der Waals surface area contributed by atoms with Crippen LogP contribution in [-0.4, -0.2) is 5.91 Å². The van der Waals surface area contributed by atoms with E-state index in [0.717, 1.165) is 16.1 Å². The van der Waals surface area contributed by atoms with Crippen molar-refractivity contribution in [2.75, 3.05) is 5.32 Å². The summed E-state index contributed by atoms with van der Waals surface area (Å²) in [5.74, 6) is -0.0625. The molecule has 0 aliphatic rings. The van der Waals surface area contributed by atoms with Gasteiger partial charge in [0.15, 0.2) is 0 Å². The van der Waals surface area contributed by atoms with E-state index < -0.39 is 0 Å². The molecule has 0 unspecified atom stereocenters. The molecule has 70 valence electrons. The summed E-state index contributed by atoms with van der Waals surface area (Å²) in [5.41, 5.74) is 1.88. The SMILES string of the molecule is CC(=O)Nc1ccc(SN)c(C)c1. The first kappa shape index (κ1) is 10.1. The van der Waals surface area contributed by atoms with Crippen LogP contribution in [-0.2, 0) is 4.79 Å². The van der Waals surface area contributed by atoms with Gasteiger partial charge in [0.2, 0.25) is 5.91 Å². The number of rotatable bonds is 2. The summed E-state index contributed by atoms with van der Waals surface area (Å²) in [6.45, 7) is 3.45. The number of carbonyl (C=O) groups excluding carboxylic acids is 1. The Morgan fingerprint density at radius 1 is 1.54 bits per heavy atom. The second-order valence-electron chi connectivity index (χ2n) is 2.78. The highest BCUT2D eigenvalue weighted by Crippen LogP contribution is 2.21. The minimum Gasteiger partial charge on any atom is -0.326 e. The summed E-state index contributed by atoms with van der Waals surface area (Å²) in [5, 5.41) is 8.14. The van der Waals surface area contributed by atoms with Crippen molar-refractivity contribution in [3.8, 4) is 0 Å². The first-order valence-corrected chi connectivity index (χ1v) is 4.76. The van der Waals surface area contributed by atoms with Crippen molar-refractivity contribution in [3.05, 3.63) is 23.8 Å². The largest absolute Gasteiger partial charge is 0.326 e. The Labute approximate surface area is 81.8 Å². The molecular formula is C9H12N2OS. The Hall–Kier alpha value is -1.00. The van der Waals surface area contributed by atoms with Crippen molar-refractivity contribution in [1.82, 2.24) is 0 Å². The number of nitrogens with one attached hydrogen (secondary N) is 1. The van der Waals surface area contributed by atoms with Gasteiger partial charge in [0.05, 0.1) is 0 Å². The van der Waals surface area contributed by atoms with Gasteiger partial charge in [-0.15, -0.1) is 0 Å². The normalized spacial score (nSPS) is 9.77. The second kappa shape index (κ2) is 4.30. The topological polar surface area (TPSA) is 55.1 Å². The summed E-state index contributed by atoms with van der Waals surface area (Å²) in [4.78, 5) is 11.8. The van der Waals surface area contributed by atoms with Crippen LogP contribution in [0.1, 0.15) is 12.5 Å². The van der Waals surface area contributed by atoms with Gasteiger partial charge >= 0.3 is 0 Å². The van der Waals surface area contributed by atoms with E-state index in [9.17, 15) is 4.79 Å². The van der Waals surface area contributed by atoms with Crippen LogP contribution in [0, 0.1) is 6.92 Å². The lowest BCUT2D eigenvalue weighted by molar-refractivity contribution is -0.114. The smallest absolute Gasteiger partial charge is 0.221 e. The van der Waals surface area contributed by atoms with Crippen LogP contribution in [0.5, 0.6) is 0 Å². The Kier molecular flexibility index (Phi) is 3.33. The van der Waals surface area contributed by atoms with E-state index in [1.807, 2.05) is 25.1 Å². The van der Waals surface area contributed by atoms with Gasteiger partial charge in [-0.2, -0.15) is 0 Å². The summed E-state index contributed by atoms with van der Waals surface area (Å²) in [7, 11) is 0. The molecule has 13 heavy (non-hydrogen) atoms. The van der Waals surface area contributed by atoms with Gasteiger partial charge in [-0.1, -0.05) is 0 Å². The maximum Gasteiger partial charge on any atom is 0.221 e. The molecule has 0 heterocycles.